The maximum atomic E-state index is 2.45. The van der Waals surface area contributed by atoms with Gasteiger partial charge >= 0.3 is 0 Å². The third kappa shape index (κ3) is 2.01. The number of benzene rings is 4. The monoisotopic (exact) mass is 295 g/mol. The van der Waals surface area contributed by atoms with E-state index in [0.717, 1.165) is 13.0 Å². The fourth-order valence-electron chi connectivity index (χ4n) is 3.69. The van der Waals surface area contributed by atoms with E-state index in [9.17, 15) is 0 Å². The van der Waals surface area contributed by atoms with Gasteiger partial charge in [-0.05, 0) is 57.8 Å². The van der Waals surface area contributed by atoms with Crippen molar-refractivity contribution in [1.82, 2.24) is 0 Å². The second kappa shape index (κ2) is 4.85. The highest BCUT2D eigenvalue weighted by molar-refractivity contribution is 5.91. The quantitative estimate of drug-likeness (QED) is 0.436. The molecule has 0 bridgehead atoms. The molecule has 0 N–H and O–H groups in total. The Morgan fingerprint density at radius 1 is 0.609 bits per heavy atom. The maximum absolute atomic E-state index is 2.45. The Balaban J connectivity index is 1.66. The van der Waals surface area contributed by atoms with Crippen LogP contribution in [0.15, 0.2) is 78.9 Å². The van der Waals surface area contributed by atoms with E-state index >= 15 is 0 Å². The van der Waals surface area contributed by atoms with Gasteiger partial charge in [0.05, 0.1) is 0 Å². The molecule has 1 aliphatic rings. The van der Waals surface area contributed by atoms with Crippen LogP contribution in [-0.2, 0) is 6.42 Å². The Hall–Kier alpha value is -2.80. The SMILES string of the molecule is c1ccc2cc(N3CCc4cc5ccccc5cc43)ccc2c1. The minimum atomic E-state index is 1.06. The van der Waals surface area contributed by atoms with Gasteiger partial charge in [0.15, 0.2) is 0 Å². The van der Waals surface area contributed by atoms with Gasteiger partial charge in [-0.15, -0.1) is 0 Å². The summed E-state index contributed by atoms with van der Waals surface area (Å²) in [5, 5.41) is 5.26. The molecule has 110 valence electrons. The molecule has 0 atom stereocenters. The van der Waals surface area contributed by atoms with Crippen LogP contribution in [0.2, 0.25) is 0 Å². The van der Waals surface area contributed by atoms with Gasteiger partial charge in [-0.25, -0.2) is 0 Å². The molecule has 5 rings (SSSR count). The number of hydrogen-bond acceptors (Lipinski definition) is 1. The highest BCUT2D eigenvalue weighted by atomic mass is 15.2. The summed E-state index contributed by atoms with van der Waals surface area (Å²) >= 11 is 0. The average Bonchev–Trinajstić information content (AvgIpc) is 3.02. The van der Waals surface area contributed by atoms with Crippen LogP contribution in [-0.4, -0.2) is 6.54 Å². The van der Waals surface area contributed by atoms with Gasteiger partial charge in [0.1, 0.15) is 0 Å². The Bertz CT molecular complexity index is 1030. The predicted octanol–water partition coefficient (Wildman–Crippen LogP) is 5.69. The van der Waals surface area contributed by atoms with Crippen LogP contribution in [0.5, 0.6) is 0 Å². The van der Waals surface area contributed by atoms with Gasteiger partial charge in [-0.1, -0.05) is 54.6 Å². The van der Waals surface area contributed by atoms with E-state index in [1.54, 1.807) is 0 Å². The summed E-state index contributed by atoms with van der Waals surface area (Å²) in [7, 11) is 0. The van der Waals surface area contributed by atoms with Gasteiger partial charge in [0, 0.05) is 17.9 Å². The lowest BCUT2D eigenvalue weighted by Gasteiger charge is -2.20. The number of hydrogen-bond donors (Lipinski definition) is 0. The Labute approximate surface area is 135 Å². The summed E-state index contributed by atoms with van der Waals surface area (Å²) in [6.07, 6.45) is 1.12. The molecule has 1 nitrogen and oxygen atoms in total. The molecule has 1 heteroatoms. The van der Waals surface area contributed by atoms with Crippen molar-refractivity contribution < 1.29 is 0 Å². The van der Waals surface area contributed by atoms with E-state index in [1.807, 2.05) is 0 Å². The maximum Gasteiger partial charge on any atom is 0.0450 e. The lowest BCUT2D eigenvalue weighted by Crippen LogP contribution is -2.12. The lowest BCUT2D eigenvalue weighted by atomic mass is 10.0. The van der Waals surface area contributed by atoms with Crippen LogP contribution in [0.4, 0.5) is 11.4 Å². The largest absolute Gasteiger partial charge is 0.341 e. The topological polar surface area (TPSA) is 3.24 Å². The Morgan fingerprint density at radius 3 is 2.04 bits per heavy atom. The molecule has 4 aromatic carbocycles. The van der Waals surface area contributed by atoms with Gasteiger partial charge in [-0.2, -0.15) is 0 Å². The van der Waals surface area contributed by atoms with E-state index in [4.69, 9.17) is 0 Å². The van der Waals surface area contributed by atoms with E-state index in [-0.39, 0.29) is 0 Å². The highest BCUT2D eigenvalue weighted by Gasteiger charge is 2.21. The normalized spacial score (nSPS) is 13.7. The number of rotatable bonds is 1. The number of nitrogens with zero attached hydrogens (tertiary/aromatic N) is 1. The van der Waals surface area contributed by atoms with Crippen molar-refractivity contribution in [3.8, 4) is 0 Å². The standard InChI is InChI=1S/C22H17N/c1-2-7-18-14-21(10-9-16(18)5-1)23-12-11-20-13-17-6-3-4-8-19(17)15-22(20)23/h1-10,13-15H,11-12H2. The molecular weight excluding hydrogens is 278 g/mol. The van der Waals surface area contributed by atoms with Crippen LogP contribution in [0.3, 0.4) is 0 Å². The first-order valence-electron chi connectivity index (χ1n) is 8.16. The summed E-state index contributed by atoms with van der Waals surface area (Å²) in [5.41, 5.74) is 4.11. The summed E-state index contributed by atoms with van der Waals surface area (Å²) in [6, 6.07) is 28.7. The molecule has 0 saturated heterocycles. The summed E-state index contributed by atoms with van der Waals surface area (Å²) < 4.78 is 0. The molecule has 0 radical (unpaired) electrons. The molecule has 1 heterocycles. The van der Waals surface area contributed by atoms with Crippen LogP contribution >= 0.6 is 0 Å². The zero-order valence-electron chi connectivity index (χ0n) is 12.9. The third-order valence-electron chi connectivity index (χ3n) is 4.89. The summed E-state index contributed by atoms with van der Waals surface area (Å²) in [5.74, 6) is 0. The molecule has 4 aromatic rings. The second-order valence-electron chi connectivity index (χ2n) is 6.26. The van der Waals surface area contributed by atoms with Crippen molar-refractivity contribution >= 4 is 32.9 Å². The second-order valence-corrected chi connectivity index (χ2v) is 6.26. The van der Waals surface area contributed by atoms with Crippen molar-refractivity contribution in [1.29, 1.82) is 0 Å². The number of anilines is 2. The Kier molecular flexibility index (Phi) is 2.68. The zero-order chi connectivity index (χ0) is 15.2. The first-order chi connectivity index (χ1) is 11.4. The van der Waals surface area contributed by atoms with Crippen LogP contribution in [0, 0.1) is 0 Å². The van der Waals surface area contributed by atoms with Crippen LogP contribution in [0.25, 0.3) is 21.5 Å². The molecular formula is C22H17N. The minimum absolute atomic E-state index is 1.06. The fourth-order valence-corrected chi connectivity index (χ4v) is 3.69. The van der Waals surface area contributed by atoms with Crippen molar-refractivity contribution in [2.75, 3.05) is 11.4 Å². The average molecular weight is 295 g/mol. The molecule has 0 aromatic heterocycles. The molecule has 0 aliphatic carbocycles. The van der Waals surface area contributed by atoms with Crippen LogP contribution in [0.1, 0.15) is 5.56 Å². The van der Waals surface area contributed by atoms with Crippen molar-refractivity contribution in [2.24, 2.45) is 0 Å². The molecule has 0 saturated carbocycles. The fraction of sp³-hybridized carbons (Fsp3) is 0.0909. The van der Waals surface area contributed by atoms with E-state index in [0.29, 0.717) is 0 Å². The van der Waals surface area contributed by atoms with Gasteiger partial charge in [0.25, 0.3) is 0 Å². The van der Waals surface area contributed by atoms with E-state index in [1.165, 1.54) is 38.5 Å². The van der Waals surface area contributed by atoms with Gasteiger partial charge in [0.2, 0.25) is 0 Å². The predicted molar refractivity (Wildman–Crippen MR) is 98.6 cm³/mol. The minimum Gasteiger partial charge on any atom is -0.341 e. The molecule has 1 aliphatic heterocycles. The molecule has 0 amide bonds. The molecule has 0 fully saturated rings. The van der Waals surface area contributed by atoms with Gasteiger partial charge in [-0.3, -0.25) is 0 Å². The first kappa shape index (κ1) is 12.7. The smallest absolute Gasteiger partial charge is 0.0450 e. The van der Waals surface area contributed by atoms with E-state index < -0.39 is 0 Å². The molecule has 23 heavy (non-hydrogen) atoms. The third-order valence-corrected chi connectivity index (χ3v) is 4.89. The van der Waals surface area contributed by atoms with Crippen molar-refractivity contribution in [3.63, 3.8) is 0 Å². The molecule has 0 unspecified atom stereocenters. The summed E-state index contributed by atoms with van der Waals surface area (Å²) in [4.78, 5) is 2.45. The lowest BCUT2D eigenvalue weighted by molar-refractivity contribution is 1.000. The Morgan fingerprint density at radius 2 is 1.26 bits per heavy atom. The van der Waals surface area contributed by atoms with E-state index in [2.05, 4.69) is 83.8 Å². The summed E-state index contributed by atoms with van der Waals surface area (Å²) in [6.45, 7) is 1.06. The zero-order valence-corrected chi connectivity index (χ0v) is 12.9. The molecule has 0 spiro atoms. The number of fused-ring (bicyclic) bond motifs is 3. The van der Waals surface area contributed by atoms with Crippen molar-refractivity contribution in [3.05, 3.63) is 84.4 Å². The van der Waals surface area contributed by atoms with Crippen molar-refractivity contribution in [2.45, 2.75) is 6.42 Å². The first-order valence-corrected chi connectivity index (χ1v) is 8.16. The van der Waals surface area contributed by atoms with Gasteiger partial charge < -0.3 is 4.90 Å². The highest BCUT2D eigenvalue weighted by Crippen LogP contribution is 2.38. The van der Waals surface area contributed by atoms with Crippen LogP contribution < -0.4 is 4.90 Å².